The van der Waals surface area contributed by atoms with Gasteiger partial charge in [0.1, 0.15) is 5.75 Å². The van der Waals surface area contributed by atoms with Gasteiger partial charge in [0.15, 0.2) is 0 Å². The lowest BCUT2D eigenvalue weighted by molar-refractivity contribution is 0.0600. The third kappa shape index (κ3) is 6.28. The van der Waals surface area contributed by atoms with E-state index >= 15 is 0 Å². The number of methoxy groups -OCH3 is 2. The highest BCUT2D eigenvalue weighted by Crippen LogP contribution is 2.40. The molecule has 2 aromatic rings. The molecule has 0 amide bonds. The molecule has 2 saturated carbocycles. The van der Waals surface area contributed by atoms with Crippen LogP contribution in [0.15, 0.2) is 54.1 Å². The normalized spacial score (nSPS) is 24.5. The third-order valence-electron chi connectivity index (χ3n) is 7.29. The Balaban J connectivity index is 1.22. The Morgan fingerprint density at radius 2 is 1.76 bits per heavy atom. The topological polar surface area (TPSA) is 59.6 Å². The van der Waals surface area contributed by atoms with Crippen molar-refractivity contribution in [2.45, 2.75) is 70.1 Å². The summed E-state index contributed by atoms with van der Waals surface area (Å²) in [5.74, 6) is 1.07. The summed E-state index contributed by atoms with van der Waals surface area (Å²) in [5.41, 5.74) is 4.46. The van der Waals surface area contributed by atoms with Gasteiger partial charge in [-0.05, 0) is 62.1 Å². The SMILES string of the molecule is CC/C(=C\c1ccccc1)[C@@H]1C[C@H]1NC1CCC(NCc2ccc(C(=O)OC)cc2OC)CC1. The van der Waals surface area contributed by atoms with Crippen LogP contribution in [-0.2, 0) is 11.3 Å². The molecule has 0 saturated heterocycles. The van der Waals surface area contributed by atoms with Gasteiger partial charge < -0.3 is 20.1 Å². The standard InChI is InChI=1S/C29H38N2O3/c1-4-21(16-20-8-6-5-7-9-20)26-18-27(26)31-25-14-12-24(13-15-25)30-19-23-11-10-22(29(32)34-3)17-28(23)33-2/h5-11,16-17,24-27,30-31H,4,12-15,18-19H2,1-3H3/b21-16+/t24?,25?,26-,27+/m0/s1. The summed E-state index contributed by atoms with van der Waals surface area (Å²) in [5, 5.41) is 7.64. The zero-order valence-corrected chi connectivity index (χ0v) is 20.7. The maximum absolute atomic E-state index is 11.8. The van der Waals surface area contributed by atoms with E-state index in [0.717, 1.165) is 24.3 Å². The molecule has 182 valence electrons. The highest BCUT2D eigenvalue weighted by atomic mass is 16.5. The lowest BCUT2D eigenvalue weighted by Crippen LogP contribution is -2.41. The molecule has 4 rings (SSSR count). The monoisotopic (exact) mass is 462 g/mol. The van der Waals surface area contributed by atoms with Gasteiger partial charge in [-0.15, -0.1) is 0 Å². The molecule has 2 aliphatic rings. The average molecular weight is 463 g/mol. The van der Waals surface area contributed by atoms with E-state index < -0.39 is 0 Å². The smallest absolute Gasteiger partial charge is 0.337 e. The summed E-state index contributed by atoms with van der Waals surface area (Å²) in [6.45, 7) is 3.02. The van der Waals surface area contributed by atoms with E-state index in [1.807, 2.05) is 6.07 Å². The number of carbonyl (C=O) groups is 1. The van der Waals surface area contributed by atoms with Crippen LogP contribution in [0.1, 0.15) is 66.9 Å². The fraction of sp³-hybridized carbons (Fsp3) is 0.483. The summed E-state index contributed by atoms with van der Waals surface area (Å²) in [6.07, 6.45) is 9.56. The number of esters is 1. The molecule has 0 aromatic heterocycles. The van der Waals surface area contributed by atoms with Crippen LogP contribution in [0.25, 0.3) is 6.08 Å². The van der Waals surface area contributed by atoms with Crippen molar-refractivity contribution in [3.05, 3.63) is 70.8 Å². The van der Waals surface area contributed by atoms with Crippen molar-refractivity contribution >= 4 is 12.0 Å². The molecule has 0 unspecified atom stereocenters. The molecule has 2 fully saturated rings. The molecular formula is C29H38N2O3. The fourth-order valence-corrected chi connectivity index (χ4v) is 5.18. The first-order valence-electron chi connectivity index (χ1n) is 12.6. The first-order chi connectivity index (χ1) is 16.6. The van der Waals surface area contributed by atoms with Crippen LogP contribution in [-0.4, -0.2) is 38.3 Å². The van der Waals surface area contributed by atoms with Crippen LogP contribution in [0.4, 0.5) is 0 Å². The van der Waals surface area contributed by atoms with Gasteiger partial charge >= 0.3 is 5.97 Å². The average Bonchev–Trinajstić information content (AvgIpc) is 3.65. The van der Waals surface area contributed by atoms with Crippen molar-refractivity contribution in [2.75, 3.05) is 14.2 Å². The van der Waals surface area contributed by atoms with Crippen LogP contribution in [0.3, 0.4) is 0 Å². The Hall–Kier alpha value is -2.63. The van der Waals surface area contributed by atoms with Crippen molar-refractivity contribution in [2.24, 2.45) is 5.92 Å². The third-order valence-corrected chi connectivity index (χ3v) is 7.29. The second-order valence-corrected chi connectivity index (χ2v) is 9.55. The minimum absolute atomic E-state index is 0.344. The predicted octanol–water partition coefficient (Wildman–Crippen LogP) is 5.35. The molecule has 0 aliphatic heterocycles. The minimum atomic E-state index is -0.344. The quantitative estimate of drug-likeness (QED) is 0.466. The van der Waals surface area contributed by atoms with Gasteiger partial charge in [0, 0.05) is 30.2 Å². The summed E-state index contributed by atoms with van der Waals surface area (Å²) >= 11 is 0. The van der Waals surface area contributed by atoms with E-state index in [-0.39, 0.29) is 5.97 Å². The number of ether oxygens (including phenoxy) is 2. The second-order valence-electron chi connectivity index (χ2n) is 9.55. The number of rotatable bonds is 10. The molecule has 0 spiro atoms. The van der Waals surface area contributed by atoms with Gasteiger partial charge in [-0.1, -0.05) is 55.0 Å². The first-order valence-corrected chi connectivity index (χ1v) is 12.6. The van der Waals surface area contributed by atoms with Crippen LogP contribution in [0.5, 0.6) is 5.75 Å². The molecule has 0 heterocycles. The molecular weight excluding hydrogens is 424 g/mol. The number of carbonyl (C=O) groups excluding carboxylic acids is 1. The Morgan fingerprint density at radius 3 is 2.44 bits per heavy atom. The fourth-order valence-electron chi connectivity index (χ4n) is 5.18. The van der Waals surface area contributed by atoms with Crippen LogP contribution in [0.2, 0.25) is 0 Å². The Labute approximate surface area is 203 Å². The van der Waals surface area contributed by atoms with Gasteiger partial charge in [-0.25, -0.2) is 4.79 Å². The summed E-state index contributed by atoms with van der Waals surface area (Å²) in [4.78, 5) is 11.8. The number of hydrogen-bond acceptors (Lipinski definition) is 5. The van der Waals surface area contributed by atoms with Gasteiger partial charge in [0.2, 0.25) is 0 Å². The zero-order chi connectivity index (χ0) is 23.9. The Kier molecular flexibility index (Phi) is 8.41. The van der Waals surface area contributed by atoms with E-state index in [1.54, 1.807) is 24.8 Å². The molecule has 5 nitrogen and oxygen atoms in total. The van der Waals surface area contributed by atoms with Crippen LogP contribution < -0.4 is 15.4 Å². The number of nitrogens with one attached hydrogen (secondary N) is 2. The maximum atomic E-state index is 11.8. The molecule has 2 aromatic carbocycles. The molecule has 5 heteroatoms. The van der Waals surface area contributed by atoms with E-state index in [0.29, 0.717) is 29.6 Å². The molecule has 0 radical (unpaired) electrons. The Bertz CT molecular complexity index is 980. The molecule has 2 N–H and O–H groups in total. The highest BCUT2D eigenvalue weighted by Gasteiger charge is 2.40. The number of hydrogen-bond donors (Lipinski definition) is 2. The van der Waals surface area contributed by atoms with Gasteiger partial charge in [0.25, 0.3) is 0 Å². The summed E-state index contributed by atoms with van der Waals surface area (Å²) in [7, 11) is 3.03. The van der Waals surface area contributed by atoms with Gasteiger partial charge in [-0.2, -0.15) is 0 Å². The first kappa shape index (κ1) is 24.5. The minimum Gasteiger partial charge on any atom is -0.496 e. The van der Waals surface area contributed by atoms with E-state index in [1.165, 1.54) is 44.8 Å². The van der Waals surface area contributed by atoms with Crippen LogP contribution >= 0.6 is 0 Å². The van der Waals surface area contributed by atoms with Crippen molar-refractivity contribution < 1.29 is 14.3 Å². The van der Waals surface area contributed by atoms with Crippen LogP contribution in [0, 0.1) is 5.92 Å². The number of benzene rings is 2. The van der Waals surface area contributed by atoms with Crippen molar-refractivity contribution in [3.8, 4) is 5.75 Å². The molecule has 2 aliphatic carbocycles. The molecule has 0 bridgehead atoms. The van der Waals surface area contributed by atoms with Crippen molar-refractivity contribution in [3.63, 3.8) is 0 Å². The molecule has 34 heavy (non-hydrogen) atoms. The lowest BCUT2D eigenvalue weighted by atomic mass is 9.90. The maximum Gasteiger partial charge on any atom is 0.337 e. The van der Waals surface area contributed by atoms with Gasteiger partial charge in [-0.3, -0.25) is 0 Å². The highest BCUT2D eigenvalue weighted by molar-refractivity contribution is 5.89. The largest absolute Gasteiger partial charge is 0.496 e. The van der Waals surface area contributed by atoms with Gasteiger partial charge in [0.05, 0.1) is 19.8 Å². The summed E-state index contributed by atoms with van der Waals surface area (Å²) < 4.78 is 10.3. The zero-order valence-electron chi connectivity index (χ0n) is 20.7. The second kappa shape index (κ2) is 11.7. The van der Waals surface area contributed by atoms with E-state index in [9.17, 15) is 4.79 Å². The van der Waals surface area contributed by atoms with E-state index in [4.69, 9.17) is 9.47 Å². The van der Waals surface area contributed by atoms with E-state index in [2.05, 4.69) is 54.0 Å². The van der Waals surface area contributed by atoms with Crippen molar-refractivity contribution in [1.82, 2.24) is 10.6 Å². The van der Waals surface area contributed by atoms with Crippen molar-refractivity contribution in [1.29, 1.82) is 0 Å². The predicted molar refractivity (Wildman–Crippen MR) is 137 cm³/mol. The Morgan fingerprint density at radius 1 is 1.03 bits per heavy atom. The lowest BCUT2D eigenvalue weighted by Gasteiger charge is -2.30. The molecule has 2 atom stereocenters. The summed E-state index contributed by atoms with van der Waals surface area (Å²) in [6, 6.07) is 18.0.